The number of aryl methyl sites for hydroxylation is 2. The Hall–Kier alpha value is -3.20. The van der Waals surface area contributed by atoms with Crippen molar-refractivity contribution < 1.29 is 13.9 Å². The van der Waals surface area contributed by atoms with E-state index in [-0.39, 0.29) is 0 Å². The molecule has 0 unspecified atom stereocenters. The summed E-state index contributed by atoms with van der Waals surface area (Å²) in [5.41, 5.74) is 2.52. The number of aromatic nitrogens is 2. The van der Waals surface area contributed by atoms with Gasteiger partial charge >= 0.3 is 0 Å². The highest BCUT2D eigenvalue weighted by molar-refractivity contribution is 5.88. The molecule has 0 radical (unpaired) electrons. The van der Waals surface area contributed by atoms with E-state index in [0.717, 1.165) is 25.3 Å². The monoisotopic (exact) mass is 398 g/mol. The van der Waals surface area contributed by atoms with Crippen LogP contribution in [-0.2, 0) is 13.6 Å². The highest BCUT2D eigenvalue weighted by Crippen LogP contribution is 2.25. The van der Waals surface area contributed by atoms with Gasteiger partial charge in [-0.1, -0.05) is 36.4 Å². The third-order valence-electron chi connectivity index (χ3n) is 5.52. The van der Waals surface area contributed by atoms with Gasteiger partial charge in [-0.3, -0.25) is 0 Å². The summed E-state index contributed by atoms with van der Waals surface area (Å²) in [5.74, 6) is 0.996. The fourth-order valence-electron chi connectivity index (χ4n) is 3.75. The van der Waals surface area contributed by atoms with Crippen LogP contribution in [-0.4, -0.2) is 6.61 Å². The predicted octanol–water partition coefficient (Wildman–Crippen LogP) is 5.26. The summed E-state index contributed by atoms with van der Waals surface area (Å²) in [4.78, 5) is 0. The van der Waals surface area contributed by atoms with Gasteiger partial charge in [0.05, 0.1) is 6.61 Å². The van der Waals surface area contributed by atoms with Crippen LogP contribution >= 0.6 is 0 Å². The molecule has 4 aromatic rings. The Labute approximate surface area is 179 Å². The van der Waals surface area contributed by atoms with Crippen molar-refractivity contribution in [1.82, 2.24) is 0 Å². The number of ether oxygens (including phenoxy) is 1. The molecule has 0 atom stereocenters. The van der Waals surface area contributed by atoms with E-state index in [1.807, 2.05) is 7.05 Å². The number of pyridine rings is 2. The zero-order chi connectivity index (χ0) is 20.6. The Balaban J connectivity index is 1.16. The molecule has 0 aliphatic rings. The predicted molar refractivity (Wildman–Crippen MR) is 121 cm³/mol. The van der Waals surface area contributed by atoms with Crippen LogP contribution in [0.2, 0.25) is 0 Å². The molecule has 2 aromatic carbocycles. The third-order valence-corrected chi connectivity index (χ3v) is 5.52. The lowest BCUT2D eigenvalue weighted by molar-refractivity contribution is -0.697. The summed E-state index contributed by atoms with van der Waals surface area (Å²) in [7, 11) is 2.04. The number of fused-ring (bicyclic) bond motifs is 1. The number of benzene rings is 2. The van der Waals surface area contributed by atoms with Crippen molar-refractivity contribution in [3.8, 4) is 16.9 Å². The molecule has 152 valence electrons. The molecule has 0 bridgehead atoms. The van der Waals surface area contributed by atoms with Gasteiger partial charge in [-0.2, -0.15) is 0 Å². The molecule has 0 aliphatic heterocycles. The minimum Gasteiger partial charge on any atom is -0.493 e. The molecule has 0 aliphatic carbocycles. The number of hydrogen-bond acceptors (Lipinski definition) is 1. The average Bonchev–Trinajstić information content (AvgIpc) is 2.79. The maximum atomic E-state index is 6.04. The van der Waals surface area contributed by atoms with E-state index in [2.05, 4.69) is 101 Å². The van der Waals surface area contributed by atoms with Crippen molar-refractivity contribution in [1.29, 1.82) is 0 Å². The number of unbranched alkanes of at least 4 members (excludes halogenated alkanes) is 3. The lowest BCUT2D eigenvalue weighted by Gasteiger charge is -2.09. The molecule has 4 rings (SSSR count). The molecule has 0 N–H and O–H groups in total. The molecule has 0 amide bonds. The smallest absolute Gasteiger partial charge is 0.169 e. The number of nitrogens with zero attached hydrogens (tertiary/aromatic N) is 2. The Kier molecular flexibility index (Phi) is 6.71. The van der Waals surface area contributed by atoms with E-state index in [9.17, 15) is 0 Å². The van der Waals surface area contributed by atoms with Crippen molar-refractivity contribution in [2.75, 3.05) is 6.61 Å². The number of rotatable bonds is 9. The first-order chi connectivity index (χ1) is 14.8. The average molecular weight is 399 g/mol. The Morgan fingerprint density at radius 1 is 0.667 bits per heavy atom. The van der Waals surface area contributed by atoms with Crippen molar-refractivity contribution in [3.05, 3.63) is 91.5 Å². The zero-order valence-electron chi connectivity index (χ0n) is 17.7. The van der Waals surface area contributed by atoms with Crippen molar-refractivity contribution in [2.45, 2.75) is 32.2 Å². The molecule has 0 saturated heterocycles. The second kappa shape index (κ2) is 10.0. The fourth-order valence-corrected chi connectivity index (χ4v) is 3.75. The highest BCUT2D eigenvalue weighted by atomic mass is 16.5. The molecule has 0 spiro atoms. The van der Waals surface area contributed by atoms with Gasteiger partial charge in [0.1, 0.15) is 19.3 Å². The minimum absolute atomic E-state index is 0.782. The van der Waals surface area contributed by atoms with Gasteiger partial charge in [0.25, 0.3) is 0 Å². The summed E-state index contributed by atoms with van der Waals surface area (Å²) in [5, 5.41) is 2.43. The first kappa shape index (κ1) is 20.1. The topological polar surface area (TPSA) is 17.0 Å². The van der Waals surface area contributed by atoms with Gasteiger partial charge in [0.2, 0.25) is 0 Å². The standard InChI is InChI=1S/C27H30N2O/c1-28-18-13-23(14-19-28)24-15-20-29(21-16-24)17-6-2-3-7-22-30-27-12-8-10-25-9-4-5-11-26(25)27/h4-5,8-16,18-21H,2-3,6-7,17,22H2,1H3/q+2. The Morgan fingerprint density at radius 2 is 1.33 bits per heavy atom. The minimum atomic E-state index is 0.782. The molecule has 2 heterocycles. The molecule has 0 saturated carbocycles. The van der Waals surface area contributed by atoms with Crippen molar-refractivity contribution >= 4 is 10.8 Å². The molecule has 30 heavy (non-hydrogen) atoms. The summed E-state index contributed by atoms with van der Waals surface area (Å²) in [6, 6.07) is 23.4. The van der Waals surface area contributed by atoms with E-state index in [4.69, 9.17) is 4.74 Å². The molecule has 3 nitrogen and oxygen atoms in total. The van der Waals surface area contributed by atoms with Crippen LogP contribution in [0.5, 0.6) is 5.75 Å². The molecular formula is C27H30N2O+2. The van der Waals surface area contributed by atoms with Gasteiger partial charge in [-0.15, -0.1) is 0 Å². The van der Waals surface area contributed by atoms with E-state index in [1.54, 1.807) is 0 Å². The van der Waals surface area contributed by atoms with Crippen LogP contribution in [0.4, 0.5) is 0 Å². The van der Waals surface area contributed by atoms with Crippen LogP contribution < -0.4 is 13.9 Å². The van der Waals surface area contributed by atoms with Crippen molar-refractivity contribution in [3.63, 3.8) is 0 Å². The fraction of sp³-hybridized carbons (Fsp3) is 0.259. The summed E-state index contributed by atoms with van der Waals surface area (Å²) < 4.78 is 10.4. The first-order valence-electron chi connectivity index (χ1n) is 10.8. The second-order valence-electron chi connectivity index (χ2n) is 7.82. The maximum absolute atomic E-state index is 6.04. The molecule has 3 heteroatoms. The van der Waals surface area contributed by atoms with Crippen molar-refractivity contribution in [2.24, 2.45) is 7.05 Å². The van der Waals surface area contributed by atoms with Crippen LogP contribution in [0, 0.1) is 0 Å². The van der Waals surface area contributed by atoms with Gasteiger partial charge in [-0.25, -0.2) is 9.13 Å². The summed E-state index contributed by atoms with van der Waals surface area (Å²) >= 11 is 0. The molecule has 0 fully saturated rings. The zero-order valence-corrected chi connectivity index (χ0v) is 17.7. The van der Waals surface area contributed by atoms with Crippen LogP contribution in [0.15, 0.2) is 91.5 Å². The molecule has 2 aromatic heterocycles. The molecular weight excluding hydrogens is 368 g/mol. The SMILES string of the molecule is C[n+]1ccc(-c2cc[n+](CCCCCCOc3cccc4ccccc34)cc2)cc1. The van der Waals surface area contributed by atoms with Crippen LogP contribution in [0.1, 0.15) is 25.7 Å². The summed E-state index contributed by atoms with van der Waals surface area (Å²) in [6.45, 7) is 1.85. The normalized spacial score (nSPS) is 11.0. The Morgan fingerprint density at radius 3 is 2.13 bits per heavy atom. The van der Waals surface area contributed by atoms with Crippen LogP contribution in [0.3, 0.4) is 0 Å². The van der Waals surface area contributed by atoms with Gasteiger partial charge in [-0.05, 0) is 41.8 Å². The quantitative estimate of drug-likeness (QED) is 0.278. The van der Waals surface area contributed by atoms with E-state index in [0.29, 0.717) is 0 Å². The lowest BCUT2D eigenvalue weighted by Crippen LogP contribution is -2.32. The van der Waals surface area contributed by atoms with Crippen LogP contribution in [0.25, 0.3) is 21.9 Å². The van der Waals surface area contributed by atoms with E-state index >= 15 is 0 Å². The lowest BCUT2D eigenvalue weighted by atomic mass is 10.1. The van der Waals surface area contributed by atoms with Gasteiger partial charge in [0, 0.05) is 36.1 Å². The maximum Gasteiger partial charge on any atom is 0.169 e. The number of hydrogen-bond donors (Lipinski definition) is 0. The van der Waals surface area contributed by atoms with E-state index in [1.165, 1.54) is 41.2 Å². The van der Waals surface area contributed by atoms with Gasteiger partial charge in [0.15, 0.2) is 24.8 Å². The summed E-state index contributed by atoms with van der Waals surface area (Å²) in [6.07, 6.45) is 13.3. The highest BCUT2D eigenvalue weighted by Gasteiger charge is 2.05. The first-order valence-corrected chi connectivity index (χ1v) is 10.8. The Bertz CT molecular complexity index is 1070. The third kappa shape index (κ3) is 5.24. The van der Waals surface area contributed by atoms with Gasteiger partial charge < -0.3 is 4.74 Å². The second-order valence-corrected chi connectivity index (χ2v) is 7.82. The largest absolute Gasteiger partial charge is 0.493 e. The van der Waals surface area contributed by atoms with E-state index < -0.39 is 0 Å².